The van der Waals surface area contributed by atoms with Crippen molar-refractivity contribution in [2.24, 2.45) is 5.41 Å². The van der Waals surface area contributed by atoms with E-state index in [-0.39, 0.29) is 54.2 Å². The van der Waals surface area contributed by atoms with E-state index in [1.54, 1.807) is 0 Å². The second kappa shape index (κ2) is 11.1. The lowest BCUT2D eigenvalue weighted by atomic mass is 9.80. The topological polar surface area (TPSA) is 115 Å². The number of nitrogens with zero attached hydrogens (tertiary/aromatic N) is 3. The van der Waals surface area contributed by atoms with Crippen molar-refractivity contribution < 1.29 is 36.6 Å². The Balaban J connectivity index is 1.39. The van der Waals surface area contributed by atoms with Gasteiger partial charge in [-0.25, -0.2) is 14.4 Å². The molecular formula is C25H23F4N5O4. The number of hydrogen-bond acceptors (Lipinski definition) is 8. The molecule has 0 radical (unpaired) electrons. The van der Waals surface area contributed by atoms with E-state index in [2.05, 4.69) is 25.6 Å². The van der Waals surface area contributed by atoms with Gasteiger partial charge in [0.25, 0.3) is 0 Å². The zero-order chi connectivity index (χ0) is 27.3. The molecule has 13 heteroatoms. The number of benzene rings is 1. The van der Waals surface area contributed by atoms with E-state index in [4.69, 9.17) is 9.47 Å². The number of rotatable bonds is 9. The van der Waals surface area contributed by atoms with Crippen LogP contribution in [0.25, 0.3) is 0 Å². The maximum absolute atomic E-state index is 13.3. The maximum atomic E-state index is 13.3. The van der Waals surface area contributed by atoms with E-state index in [9.17, 15) is 27.2 Å². The summed E-state index contributed by atoms with van der Waals surface area (Å²) < 4.78 is 63.3. The number of halogens is 4. The van der Waals surface area contributed by atoms with Crippen LogP contribution in [0.15, 0.2) is 48.9 Å². The molecule has 1 aromatic carbocycles. The van der Waals surface area contributed by atoms with Gasteiger partial charge in [0, 0.05) is 25.4 Å². The van der Waals surface area contributed by atoms with Crippen LogP contribution in [-0.4, -0.2) is 47.0 Å². The van der Waals surface area contributed by atoms with Gasteiger partial charge >= 0.3 is 12.2 Å². The molecule has 0 unspecified atom stereocenters. The molecule has 1 aliphatic heterocycles. The number of nitrogens with one attached hydrogen (secondary N) is 2. The Morgan fingerprint density at radius 2 is 1.87 bits per heavy atom. The summed E-state index contributed by atoms with van der Waals surface area (Å²) in [6.07, 6.45) is -0.547. The van der Waals surface area contributed by atoms with Crippen LogP contribution >= 0.6 is 0 Å². The van der Waals surface area contributed by atoms with Gasteiger partial charge in [-0.2, -0.15) is 13.2 Å². The Kier molecular flexibility index (Phi) is 7.86. The van der Waals surface area contributed by atoms with Gasteiger partial charge in [0.15, 0.2) is 5.78 Å². The summed E-state index contributed by atoms with van der Waals surface area (Å²) in [5.41, 5.74) is -1.63. The highest BCUT2D eigenvalue weighted by molar-refractivity contribution is 5.99. The molecule has 1 saturated heterocycles. The van der Waals surface area contributed by atoms with Crippen LogP contribution in [0.3, 0.4) is 0 Å². The third kappa shape index (κ3) is 6.22. The predicted octanol–water partition coefficient (Wildman–Crippen LogP) is 4.08. The molecule has 9 nitrogen and oxygen atoms in total. The highest BCUT2D eigenvalue weighted by Gasteiger charge is 2.44. The minimum Gasteiger partial charge on any atom is -0.467 e. The number of amides is 1. The molecule has 2 aromatic heterocycles. The largest absolute Gasteiger partial charge is 0.467 e. The predicted molar refractivity (Wildman–Crippen MR) is 126 cm³/mol. The van der Waals surface area contributed by atoms with Gasteiger partial charge in [-0.1, -0.05) is 0 Å². The van der Waals surface area contributed by atoms with Crippen LogP contribution in [0, 0.1) is 11.2 Å². The minimum absolute atomic E-state index is 0.0189. The molecular weight excluding hydrogens is 510 g/mol. The molecule has 1 atom stereocenters. The highest BCUT2D eigenvalue weighted by atomic mass is 19.4. The lowest BCUT2D eigenvalue weighted by Crippen LogP contribution is -2.42. The Bertz CT molecular complexity index is 1290. The number of ether oxygens (including phenoxy) is 2. The average molecular weight is 533 g/mol. The lowest BCUT2D eigenvalue weighted by Gasteiger charge is -2.25. The van der Waals surface area contributed by atoms with Crippen molar-refractivity contribution in [1.29, 1.82) is 0 Å². The average Bonchev–Trinajstić information content (AvgIpc) is 3.38. The second-order valence-electron chi connectivity index (χ2n) is 8.67. The Morgan fingerprint density at radius 1 is 1.11 bits per heavy atom. The van der Waals surface area contributed by atoms with Gasteiger partial charge in [0.05, 0.1) is 60.1 Å². The van der Waals surface area contributed by atoms with Crippen LogP contribution in [0.5, 0.6) is 6.01 Å². The summed E-state index contributed by atoms with van der Waals surface area (Å²) in [4.78, 5) is 37.9. The van der Waals surface area contributed by atoms with Crippen LogP contribution in [0.1, 0.15) is 34.5 Å². The number of methoxy groups -OCH3 is 1. The fraction of sp³-hybridized carbons (Fsp3) is 0.320. The number of anilines is 2. The molecule has 4 rings (SSSR count). The Labute approximate surface area is 214 Å². The Hall–Kier alpha value is -4.13. The van der Waals surface area contributed by atoms with Crippen LogP contribution in [-0.2, 0) is 22.3 Å². The van der Waals surface area contributed by atoms with Crippen molar-refractivity contribution in [3.63, 3.8) is 0 Å². The monoisotopic (exact) mass is 533 g/mol. The number of alkyl halides is 3. The van der Waals surface area contributed by atoms with E-state index >= 15 is 0 Å². The van der Waals surface area contributed by atoms with Gasteiger partial charge in [0.1, 0.15) is 5.82 Å². The molecule has 200 valence electrons. The van der Waals surface area contributed by atoms with Crippen molar-refractivity contribution in [1.82, 2.24) is 20.3 Å². The first-order chi connectivity index (χ1) is 18.1. The van der Waals surface area contributed by atoms with Crippen molar-refractivity contribution in [2.75, 3.05) is 25.6 Å². The minimum atomic E-state index is -4.75. The van der Waals surface area contributed by atoms with Crippen LogP contribution in [0.2, 0.25) is 0 Å². The third-order valence-corrected chi connectivity index (χ3v) is 6.04. The number of carbonyl (C=O) groups is 2. The normalized spacial score (nSPS) is 17.2. The molecule has 1 fully saturated rings. The zero-order valence-corrected chi connectivity index (χ0v) is 20.1. The fourth-order valence-corrected chi connectivity index (χ4v) is 3.96. The number of hydrogen-bond donors (Lipinski definition) is 2. The van der Waals surface area contributed by atoms with Crippen molar-refractivity contribution in [2.45, 2.75) is 25.6 Å². The van der Waals surface area contributed by atoms with E-state index in [1.165, 1.54) is 37.8 Å². The molecule has 0 spiro atoms. The first-order valence-electron chi connectivity index (χ1n) is 11.4. The first kappa shape index (κ1) is 26.9. The van der Waals surface area contributed by atoms with Gasteiger partial charge in [-0.05, 0) is 36.8 Å². The Morgan fingerprint density at radius 3 is 2.47 bits per heavy atom. The van der Waals surface area contributed by atoms with Crippen molar-refractivity contribution >= 4 is 23.1 Å². The summed E-state index contributed by atoms with van der Waals surface area (Å²) in [6.45, 7) is 0.407. The molecule has 1 aliphatic rings. The summed E-state index contributed by atoms with van der Waals surface area (Å²) in [5.74, 6) is -1.71. The molecule has 1 amide bonds. The van der Waals surface area contributed by atoms with Gasteiger partial charge in [0.2, 0.25) is 5.91 Å². The first-order valence-corrected chi connectivity index (χ1v) is 11.4. The fourth-order valence-electron chi connectivity index (χ4n) is 3.96. The molecule has 2 N–H and O–H groups in total. The molecule has 0 bridgehead atoms. The zero-order valence-electron chi connectivity index (χ0n) is 20.1. The lowest BCUT2D eigenvalue weighted by molar-refractivity contribution is -0.137. The summed E-state index contributed by atoms with van der Waals surface area (Å²) in [6, 6.07) is 5.45. The molecule has 3 heterocycles. The van der Waals surface area contributed by atoms with Gasteiger partial charge in [-0.15, -0.1) is 0 Å². The molecule has 0 saturated carbocycles. The second-order valence-corrected chi connectivity index (χ2v) is 8.67. The van der Waals surface area contributed by atoms with Gasteiger partial charge < -0.3 is 20.1 Å². The number of carbonyl (C=O) groups excluding carboxylic acids is 2. The summed E-state index contributed by atoms with van der Waals surface area (Å²) in [5, 5.41) is 5.35. The van der Waals surface area contributed by atoms with Crippen LogP contribution in [0.4, 0.5) is 28.9 Å². The number of ketones is 1. The molecule has 0 aliphatic carbocycles. The van der Waals surface area contributed by atoms with Crippen molar-refractivity contribution in [3.05, 3.63) is 71.6 Å². The number of aromatic nitrogens is 3. The summed E-state index contributed by atoms with van der Waals surface area (Å²) in [7, 11) is 1.40. The standard InChI is InChI=1S/C25H23F4N5O4/c1-37-23-32-10-15(11-33-23)21(35)9-24(6-7-38-14-24)22(36)31-12-17-3-4-18(13-30-17)34-20-5-2-16(26)8-19(20)25(27,28)29/h2-5,8,10-11,13,34H,6-7,9,12,14H2,1H3,(H,31,36)/t24-/m0/s1. The SMILES string of the molecule is COc1ncc(C(=O)C[C@@]2(C(=O)NCc3ccc(Nc4ccc(F)cc4C(F)(F)F)cn3)CCOC2)cn1. The number of pyridine rings is 1. The molecule has 3 aromatic rings. The van der Waals surface area contributed by atoms with Gasteiger partial charge in [-0.3, -0.25) is 14.6 Å². The third-order valence-electron chi connectivity index (χ3n) is 6.04. The highest BCUT2D eigenvalue weighted by Crippen LogP contribution is 2.37. The van der Waals surface area contributed by atoms with E-state index in [0.29, 0.717) is 24.8 Å². The van der Waals surface area contributed by atoms with E-state index in [0.717, 1.165) is 12.1 Å². The number of Topliss-reactive ketones (excluding diaryl/α,β-unsaturated/α-hetero) is 1. The van der Waals surface area contributed by atoms with Crippen LogP contribution < -0.4 is 15.4 Å². The quantitative estimate of drug-likeness (QED) is 0.312. The van der Waals surface area contributed by atoms with E-state index in [1.807, 2.05) is 0 Å². The van der Waals surface area contributed by atoms with E-state index < -0.39 is 23.0 Å². The summed E-state index contributed by atoms with van der Waals surface area (Å²) >= 11 is 0. The maximum Gasteiger partial charge on any atom is 0.418 e. The van der Waals surface area contributed by atoms with Crippen molar-refractivity contribution in [3.8, 4) is 6.01 Å². The smallest absolute Gasteiger partial charge is 0.418 e. The molecule has 38 heavy (non-hydrogen) atoms.